The van der Waals surface area contributed by atoms with E-state index in [4.69, 9.17) is 4.74 Å². The van der Waals surface area contributed by atoms with E-state index in [1.807, 2.05) is 12.1 Å². The Labute approximate surface area is 90.6 Å². The summed E-state index contributed by atoms with van der Waals surface area (Å²) in [6.07, 6.45) is 0.866. The second-order valence-corrected chi connectivity index (χ2v) is 4.00. The summed E-state index contributed by atoms with van der Waals surface area (Å²) in [5, 5.41) is 2.80. The first-order valence-electron chi connectivity index (χ1n) is 4.37. The predicted octanol–water partition coefficient (Wildman–Crippen LogP) is 1.74. The lowest BCUT2D eigenvalue weighted by molar-refractivity contribution is 0.0946. The van der Waals surface area contributed by atoms with Gasteiger partial charge in [0.25, 0.3) is 5.91 Å². The number of benzene rings is 1. The maximum atomic E-state index is 11.5. The zero-order valence-electron chi connectivity index (χ0n) is 7.76. The molecule has 4 heteroatoms. The Balaban J connectivity index is 2.54. The van der Waals surface area contributed by atoms with E-state index in [0.29, 0.717) is 6.54 Å². The van der Waals surface area contributed by atoms with Crippen molar-refractivity contribution in [2.75, 3.05) is 13.7 Å². The molecule has 1 heterocycles. The van der Waals surface area contributed by atoms with E-state index >= 15 is 0 Å². The summed E-state index contributed by atoms with van der Waals surface area (Å²) in [6.45, 7) is 0.705. The number of fused-ring (bicyclic) bond motifs is 1. The van der Waals surface area contributed by atoms with Gasteiger partial charge in [-0.1, -0.05) is 0 Å². The number of methoxy groups -OCH3 is 1. The third kappa shape index (κ3) is 1.50. The van der Waals surface area contributed by atoms with Crippen molar-refractivity contribution >= 4 is 21.8 Å². The Bertz CT molecular complexity index is 390. The summed E-state index contributed by atoms with van der Waals surface area (Å²) in [4.78, 5) is 11.5. The molecule has 0 saturated heterocycles. The van der Waals surface area contributed by atoms with E-state index in [1.165, 1.54) is 0 Å². The van der Waals surface area contributed by atoms with Crippen molar-refractivity contribution < 1.29 is 9.53 Å². The lowest BCUT2D eigenvalue weighted by Gasteiger charge is -2.17. The molecule has 0 spiro atoms. The quantitative estimate of drug-likeness (QED) is 0.831. The Morgan fingerprint density at radius 2 is 2.29 bits per heavy atom. The zero-order valence-corrected chi connectivity index (χ0v) is 9.35. The van der Waals surface area contributed by atoms with Crippen LogP contribution in [0.15, 0.2) is 16.6 Å². The van der Waals surface area contributed by atoms with Gasteiger partial charge in [-0.2, -0.15) is 0 Å². The number of carbonyl (C=O) groups excluding carboxylic acids is 1. The summed E-state index contributed by atoms with van der Waals surface area (Å²) >= 11 is 3.36. The molecule has 0 aromatic heterocycles. The first-order chi connectivity index (χ1) is 6.72. The fourth-order valence-corrected chi connectivity index (χ4v) is 2.08. The van der Waals surface area contributed by atoms with Gasteiger partial charge in [0, 0.05) is 12.1 Å². The summed E-state index contributed by atoms with van der Waals surface area (Å²) in [5.41, 5.74) is 1.79. The van der Waals surface area contributed by atoms with Crippen molar-refractivity contribution in [3.05, 3.63) is 27.7 Å². The molecule has 14 heavy (non-hydrogen) atoms. The van der Waals surface area contributed by atoms with Crippen molar-refractivity contribution in [2.45, 2.75) is 6.42 Å². The minimum atomic E-state index is -0.00500. The fourth-order valence-electron chi connectivity index (χ4n) is 1.58. The molecular formula is C10H10BrNO2. The summed E-state index contributed by atoms with van der Waals surface area (Å²) in [6, 6.07) is 3.72. The van der Waals surface area contributed by atoms with Crippen LogP contribution >= 0.6 is 15.9 Å². The van der Waals surface area contributed by atoms with Crippen molar-refractivity contribution in [3.8, 4) is 5.75 Å². The van der Waals surface area contributed by atoms with Crippen LogP contribution in [-0.2, 0) is 6.42 Å². The molecule has 0 atom stereocenters. The first kappa shape index (κ1) is 9.52. The van der Waals surface area contributed by atoms with Crippen LogP contribution in [0.25, 0.3) is 0 Å². The van der Waals surface area contributed by atoms with E-state index in [2.05, 4.69) is 21.2 Å². The molecule has 0 fully saturated rings. The smallest absolute Gasteiger partial charge is 0.251 e. The zero-order chi connectivity index (χ0) is 10.1. The maximum absolute atomic E-state index is 11.5. The number of nitrogens with one attached hydrogen (secondary N) is 1. The van der Waals surface area contributed by atoms with Crippen LogP contribution in [0.5, 0.6) is 5.75 Å². The SMILES string of the molecule is COc1cc2c(cc1Br)C(=O)NCC2. The number of halogens is 1. The predicted molar refractivity (Wildman–Crippen MR) is 56.7 cm³/mol. The Morgan fingerprint density at radius 3 is 3.00 bits per heavy atom. The molecule has 1 aliphatic rings. The largest absolute Gasteiger partial charge is 0.496 e. The van der Waals surface area contributed by atoms with Crippen LogP contribution in [0.2, 0.25) is 0 Å². The van der Waals surface area contributed by atoms with Crippen LogP contribution in [0, 0.1) is 0 Å². The highest BCUT2D eigenvalue weighted by atomic mass is 79.9. The Hall–Kier alpha value is -1.03. The van der Waals surface area contributed by atoms with Gasteiger partial charge in [0.05, 0.1) is 11.6 Å². The fraction of sp³-hybridized carbons (Fsp3) is 0.300. The van der Waals surface area contributed by atoms with E-state index in [1.54, 1.807) is 7.11 Å². The van der Waals surface area contributed by atoms with Crippen molar-refractivity contribution in [1.82, 2.24) is 5.32 Å². The lowest BCUT2D eigenvalue weighted by Crippen LogP contribution is -2.31. The molecular weight excluding hydrogens is 246 g/mol. The molecule has 74 valence electrons. The van der Waals surface area contributed by atoms with Gasteiger partial charge in [0.1, 0.15) is 5.75 Å². The number of rotatable bonds is 1. The normalized spacial score (nSPS) is 14.6. The molecule has 0 radical (unpaired) electrons. The van der Waals surface area contributed by atoms with Gasteiger partial charge in [0.15, 0.2) is 0 Å². The average molecular weight is 256 g/mol. The van der Waals surface area contributed by atoms with Crippen molar-refractivity contribution in [3.63, 3.8) is 0 Å². The highest BCUT2D eigenvalue weighted by molar-refractivity contribution is 9.10. The summed E-state index contributed by atoms with van der Waals surface area (Å²) < 4.78 is 5.98. The maximum Gasteiger partial charge on any atom is 0.251 e. The number of hydrogen-bond donors (Lipinski definition) is 1. The molecule has 1 aromatic carbocycles. The number of carbonyl (C=O) groups is 1. The standard InChI is InChI=1S/C10H10BrNO2/c1-14-9-4-6-2-3-12-10(13)7(6)5-8(9)11/h4-5H,2-3H2,1H3,(H,12,13). The van der Waals surface area contributed by atoms with Gasteiger partial charge >= 0.3 is 0 Å². The minimum Gasteiger partial charge on any atom is -0.496 e. The van der Waals surface area contributed by atoms with Crippen LogP contribution in [0.1, 0.15) is 15.9 Å². The number of hydrogen-bond acceptors (Lipinski definition) is 2. The van der Waals surface area contributed by atoms with Crippen molar-refractivity contribution in [2.24, 2.45) is 0 Å². The highest BCUT2D eigenvalue weighted by Crippen LogP contribution is 2.29. The van der Waals surface area contributed by atoms with Gasteiger partial charge in [-0.05, 0) is 40.0 Å². The molecule has 1 aliphatic heterocycles. The molecule has 2 rings (SSSR count). The topological polar surface area (TPSA) is 38.3 Å². The molecule has 1 aromatic rings. The van der Waals surface area contributed by atoms with Gasteiger partial charge < -0.3 is 10.1 Å². The highest BCUT2D eigenvalue weighted by Gasteiger charge is 2.18. The third-order valence-corrected chi connectivity index (χ3v) is 2.92. The second-order valence-electron chi connectivity index (χ2n) is 3.15. The van der Waals surface area contributed by atoms with Gasteiger partial charge in [-0.25, -0.2) is 0 Å². The number of amides is 1. The molecule has 0 aliphatic carbocycles. The van der Waals surface area contributed by atoms with E-state index in [9.17, 15) is 4.79 Å². The molecule has 3 nitrogen and oxygen atoms in total. The monoisotopic (exact) mass is 255 g/mol. The van der Waals surface area contributed by atoms with Gasteiger partial charge in [-0.3, -0.25) is 4.79 Å². The van der Waals surface area contributed by atoms with Gasteiger partial charge in [0.2, 0.25) is 0 Å². The van der Waals surface area contributed by atoms with Gasteiger partial charge in [-0.15, -0.1) is 0 Å². The van der Waals surface area contributed by atoms with Crippen LogP contribution in [0.3, 0.4) is 0 Å². The van der Waals surface area contributed by atoms with E-state index in [-0.39, 0.29) is 5.91 Å². The molecule has 1 N–H and O–H groups in total. The second kappa shape index (κ2) is 3.61. The van der Waals surface area contributed by atoms with Crippen molar-refractivity contribution in [1.29, 1.82) is 0 Å². The first-order valence-corrected chi connectivity index (χ1v) is 5.16. The molecule has 0 bridgehead atoms. The molecule has 0 unspecified atom stereocenters. The van der Waals surface area contributed by atoms with Crippen LogP contribution < -0.4 is 10.1 Å². The molecule has 0 saturated carbocycles. The van der Waals surface area contributed by atoms with Crippen LogP contribution in [-0.4, -0.2) is 19.6 Å². The third-order valence-electron chi connectivity index (χ3n) is 2.30. The summed E-state index contributed by atoms with van der Waals surface area (Å²) in [7, 11) is 1.62. The average Bonchev–Trinajstić information content (AvgIpc) is 2.19. The summed E-state index contributed by atoms with van der Waals surface area (Å²) in [5.74, 6) is 0.771. The lowest BCUT2D eigenvalue weighted by atomic mass is 10.0. The van der Waals surface area contributed by atoms with E-state index < -0.39 is 0 Å². The minimum absolute atomic E-state index is 0.00500. The van der Waals surface area contributed by atoms with E-state index in [0.717, 1.165) is 27.8 Å². The number of ether oxygens (including phenoxy) is 1. The van der Waals surface area contributed by atoms with Crippen LogP contribution in [0.4, 0.5) is 0 Å². The Kier molecular flexibility index (Phi) is 2.46. The molecule has 1 amide bonds. The Morgan fingerprint density at radius 1 is 1.50 bits per heavy atom.